The molecule has 1 aromatic rings. The molecule has 2 unspecified atom stereocenters. The minimum absolute atomic E-state index is 0.146. The van der Waals surface area contributed by atoms with E-state index in [1.54, 1.807) is 13.2 Å². The minimum Gasteiger partial charge on any atom is -0.384 e. The maximum absolute atomic E-state index is 13.7. The fourth-order valence-electron chi connectivity index (χ4n) is 3.32. The highest BCUT2D eigenvalue weighted by Gasteiger charge is 2.46. The van der Waals surface area contributed by atoms with Crippen LogP contribution in [0.25, 0.3) is 0 Å². The molecule has 0 bridgehead atoms. The lowest BCUT2D eigenvalue weighted by molar-refractivity contribution is -0.131. The van der Waals surface area contributed by atoms with E-state index in [1.807, 2.05) is 17.0 Å². The quantitative estimate of drug-likeness (QED) is 0.824. The van der Waals surface area contributed by atoms with Crippen LogP contribution in [0.2, 0.25) is 0 Å². The van der Waals surface area contributed by atoms with E-state index in [-0.39, 0.29) is 11.7 Å². The molecule has 0 spiro atoms. The van der Waals surface area contributed by atoms with Gasteiger partial charge in [-0.15, -0.1) is 0 Å². The van der Waals surface area contributed by atoms with Gasteiger partial charge >= 0.3 is 0 Å². The third-order valence-corrected chi connectivity index (χ3v) is 4.55. The number of nitrogens with zero attached hydrogens (tertiary/aromatic N) is 2. The van der Waals surface area contributed by atoms with Crippen molar-refractivity contribution in [1.29, 1.82) is 0 Å². The van der Waals surface area contributed by atoms with Crippen LogP contribution in [0, 0.1) is 11.7 Å². The molecule has 3 rings (SSSR count). The van der Waals surface area contributed by atoms with E-state index in [1.165, 1.54) is 6.07 Å². The van der Waals surface area contributed by atoms with E-state index in [2.05, 4.69) is 4.90 Å². The molecule has 1 aromatic carbocycles. The van der Waals surface area contributed by atoms with Gasteiger partial charge in [-0.25, -0.2) is 4.39 Å². The summed E-state index contributed by atoms with van der Waals surface area (Å²) in [5.74, 6) is 0.562. The monoisotopic (exact) mass is 292 g/mol. The van der Waals surface area contributed by atoms with E-state index >= 15 is 0 Å². The second kappa shape index (κ2) is 6.12. The number of rotatable bonds is 5. The van der Waals surface area contributed by atoms with Gasteiger partial charge in [0.15, 0.2) is 0 Å². The first-order valence-corrected chi connectivity index (χ1v) is 7.43. The average Bonchev–Trinajstić information content (AvgIpc) is 2.81. The highest BCUT2D eigenvalue weighted by molar-refractivity contribution is 5.76. The van der Waals surface area contributed by atoms with Gasteiger partial charge in [0.2, 0.25) is 5.91 Å². The summed E-state index contributed by atoms with van der Waals surface area (Å²) in [4.78, 5) is 16.2. The van der Waals surface area contributed by atoms with Gasteiger partial charge in [0.05, 0.1) is 13.0 Å². The number of carbonyl (C=O) groups excluding carboxylic acids is 1. The van der Waals surface area contributed by atoms with Crippen LogP contribution in [-0.4, -0.2) is 55.1 Å². The first-order valence-electron chi connectivity index (χ1n) is 7.43. The molecule has 0 aromatic heterocycles. The van der Waals surface area contributed by atoms with Gasteiger partial charge in [-0.1, -0.05) is 18.2 Å². The summed E-state index contributed by atoms with van der Waals surface area (Å²) in [5.41, 5.74) is 0.736. The van der Waals surface area contributed by atoms with Crippen molar-refractivity contribution in [2.45, 2.75) is 19.0 Å². The van der Waals surface area contributed by atoms with Gasteiger partial charge in [0.25, 0.3) is 0 Å². The lowest BCUT2D eigenvalue weighted by Crippen LogP contribution is -2.54. The molecular formula is C16H21FN2O2. The fraction of sp³-hybridized carbons (Fsp3) is 0.562. The summed E-state index contributed by atoms with van der Waals surface area (Å²) >= 11 is 0. The van der Waals surface area contributed by atoms with Crippen molar-refractivity contribution in [3.8, 4) is 0 Å². The van der Waals surface area contributed by atoms with Crippen molar-refractivity contribution in [3.63, 3.8) is 0 Å². The highest BCUT2D eigenvalue weighted by Crippen LogP contribution is 2.34. The highest BCUT2D eigenvalue weighted by atomic mass is 19.1. The fourth-order valence-corrected chi connectivity index (χ4v) is 3.32. The largest absolute Gasteiger partial charge is 0.384 e. The van der Waals surface area contributed by atoms with Crippen molar-refractivity contribution < 1.29 is 13.9 Å². The Hall–Kier alpha value is -1.46. The third kappa shape index (κ3) is 2.94. The first-order chi connectivity index (χ1) is 10.2. The van der Waals surface area contributed by atoms with Gasteiger partial charge < -0.3 is 9.64 Å². The molecular weight excluding hydrogens is 271 g/mol. The summed E-state index contributed by atoms with van der Waals surface area (Å²) < 4.78 is 18.6. The third-order valence-electron chi connectivity index (χ3n) is 4.55. The Morgan fingerprint density at radius 2 is 2.14 bits per heavy atom. The van der Waals surface area contributed by atoms with Gasteiger partial charge in [0, 0.05) is 50.8 Å². The van der Waals surface area contributed by atoms with Gasteiger partial charge in [0.1, 0.15) is 5.82 Å². The summed E-state index contributed by atoms with van der Waals surface area (Å²) in [6.07, 6.45) is 0.448. The van der Waals surface area contributed by atoms with Crippen LogP contribution < -0.4 is 0 Å². The predicted octanol–water partition coefficient (Wildman–Crippen LogP) is 1.50. The van der Waals surface area contributed by atoms with Crippen LogP contribution in [0.15, 0.2) is 24.3 Å². The summed E-state index contributed by atoms with van der Waals surface area (Å²) in [6.45, 7) is 3.66. The maximum atomic E-state index is 13.7. The molecule has 0 aliphatic carbocycles. The Balaban J connectivity index is 1.55. The van der Waals surface area contributed by atoms with Crippen molar-refractivity contribution in [3.05, 3.63) is 35.6 Å². The van der Waals surface area contributed by atoms with E-state index < -0.39 is 0 Å². The van der Waals surface area contributed by atoms with Crippen LogP contribution in [-0.2, 0) is 16.1 Å². The normalized spacial score (nSPS) is 24.8. The summed E-state index contributed by atoms with van der Waals surface area (Å²) in [5, 5.41) is 0. The number of carbonyl (C=O) groups is 1. The van der Waals surface area contributed by atoms with E-state index in [0.29, 0.717) is 31.5 Å². The SMILES string of the molecule is COCCC(=O)N1CC2CN(Cc3ccccc3F)C2C1. The number of methoxy groups -OCH3 is 1. The summed E-state index contributed by atoms with van der Waals surface area (Å²) in [7, 11) is 1.61. The zero-order valence-electron chi connectivity index (χ0n) is 12.3. The molecule has 21 heavy (non-hydrogen) atoms. The van der Waals surface area contributed by atoms with Crippen LogP contribution in [0.5, 0.6) is 0 Å². The van der Waals surface area contributed by atoms with Crippen molar-refractivity contribution >= 4 is 5.91 Å². The molecule has 2 heterocycles. The number of hydrogen-bond acceptors (Lipinski definition) is 3. The average molecular weight is 292 g/mol. The second-order valence-corrected chi connectivity index (χ2v) is 5.89. The number of halogens is 1. The lowest BCUT2D eigenvalue weighted by Gasteiger charge is -2.43. The van der Waals surface area contributed by atoms with Gasteiger partial charge in [-0.3, -0.25) is 9.69 Å². The Bertz CT molecular complexity index is 523. The molecule has 114 valence electrons. The van der Waals surface area contributed by atoms with Gasteiger partial charge in [-0.2, -0.15) is 0 Å². The van der Waals surface area contributed by atoms with Crippen molar-refractivity contribution in [1.82, 2.24) is 9.80 Å². The molecule has 2 atom stereocenters. The predicted molar refractivity (Wildman–Crippen MR) is 77.2 cm³/mol. The van der Waals surface area contributed by atoms with Gasteiger partial charge in [-0.05, 0) is 6.07 Å². The topological polar surface area (TPSA) is 32.8 Å². The summed E-state index contributed by atoms with van der Waals surface area (Å²) in [6, 6.07) is 7.30. The van der Waals surface area contributed by atoms with Crippen molar-refractivity contribution in [2.75, 3.05) is 33.4 Å². The molecule has 5 heteroatoms. The number of amides is 1. The van der Waals surface area contributed by atoms with Crippen molar-refractivity contribution in [2.24, 2.45) is 5.92 Å². The maximum Gasteiger partial charge on any atom is 0.224 e. The Kier molecular flexibility index (Phi) is 4.22. The number of benzene rings is 1. The van der Waals surface area contributed by atoms with Crippen LogP contribution in [0.1, 0.15) is 12.0 Å². The molecule has 2 fully saturated rings. The molecule has 0 saturated carbocycles. The smallest absolute Gasteiger partial charge is 0.224 e. The Morgan fingerprint density at radius 3 is 2.90 bits per heavy atom. The second-order valence-electron chi connectivity index (χ2n) is 5.89. The van der Waals surface area contributed by atoms with E-state index in [0.717, 1.165) is 25.2 Å². The van der Waals surface area contributed by atoms with Crippen LogP contribution in [0.4, 0.5) is 4.39 Å². The zero-order valence-corrected chi connectivity index (χ0v) is 12.3. The standard InChI is InChI=1S/C16H21FN2O2/c1-21-7-6-16(20)19-10-13-9-18(15(13)11-19)8-12-4-2-3-5-14(12)17/h2-5,13,15H,6-11H2,1H3. The van der Waals surface area contributed by atoms with Crippen LogP contribution >= 0.6 is 0 Å². The Labute approximate surface area is 124 Å². The molecule has 2 aliphatic rings. The first kappa shape index (κ1) is 14.5. The molecule has 2 aliphatic heterocycles. The number of likely N-dealkylation sites (tertiary alicyclic amines) is 2. The molecule has 0 N–H and O–H groups in total. The van der Waals surface area contributed by atoms with E-state index in [9.17, 15) is 9.18 Å². The molecule has 2 saturated heterocycles. The number of fused-ring (bicyclic) bond motifs is 1. The molecule has 0 radical (unpaired) electrons. The Morgan fingerprint density at radius 1 is 1.33 bits per heavy atom. The minimum atomic E-state index is -0.146. The van der Waals surface area contributed by atoms with Crippen LogP contribution in [0.3, 0.4) is 0 Å². The van der Waals surface area contributed by atoms with E-state index in [4.69, 9.17) is 4.74 Å². The lowest BCUT2D eigenvalue weighted by atomic mass is 9.91. The molecule has 1 amide bonds. The zero-order chi connectivity index (χ0) is 14.8. The molecule has 4 nitrogen and oxygen atoms in total. The number of ether oxygens (including phenoxy) is 1. The number of hydrogen-bond donors (Lipinski definition) is 0.